The molecule has 0 aliphatic carbocycles. The Hall–Kier alpha value is -0.770. The Kier molecular flexibility index (Phi) is 1.11. The van der Waals surface area contributed by atoms with Crippen LogP contribution < -0.4 is 0 Å². The lowest BCUT2D eigenvalue weighted by Crippen LogP contribution is -1.71. The van der Waals surface area contributed by atoms with Crippen LogP contribution in [0, 0.1) is 0 Å². The Morgan fingerprint density at radius 1 is 1.10 bits per heavy atom. The summed E-state index contributed by atoms with van der Waals surface area (Å²) in [4.78, 5) is 2.48. The van der Waals surface area contributed by atoms with Crippen LogP contribution in [0.15, 0.2) is 0 Å². The number of thioether (sulfide) groups is 1. The van der Waals surface area contributed by atoms with E-state index in [4.69, 9.17) is 10.2 Å². The molecule has 0 bridgehead atoms. The fourth-order valence-electron chi connectivity index (χ4n) is 1.11. The maximum atomic E-state index is 9.12. The van der Waals surface area contributed by atoms with Gasteiger partial charge >= 0.3 is 0 Å². The number of aromatic nitrogens is 1. The first-order valence-corrected chi connectivity index (χ1v) is 4.14. The number of fused-ring (bicyclic) bond motifs is 1. The van der Waals surface area contributed by atoms with Gasteiger partial charge in [0.2, 0.25) is 0 Å². The zero-order chi connectivity index (χ0) is 7.14. The molecule has 2 heterocycles. The second-order valence-electron chi connectivity index (χ2n) is 2.27. The minimum atomic E-state index is 0.123. The molecular weight excluding hydrogens is 150 g/mol. The highest BCUT2D eigenvalue weighted by Crippen LogP contribution is 2.40. The van der Waals surface area contributed by atoms with Crippen LogP contribution in [0.2, 0.25) is 0 Å². The number of H-pyrrole nitrogens is 1. The van der Waals surface area contributed by atoms with E-state index in [0.717, 1.165) is 22.6 Å². The molecule has 10 heavy (non-hydrogen) atoms. The van der Waals surface area contributed by atoms with Crippen molar-refractivity contribution in [3.8, 4) is 11.8 Å². The first kappa shape index (κ1) is 5.97. The van der Waals surface area contributed by atoms with E-state index >= 15 is 0 Å². The molecule has 0 unspecified atom stereocenters. The molecule has 0 fully saturated rings. The average molecular weight is 157 g/mol. The van der Waals surface area contributed by atoms with Gasteiger partial charge in [0.25, 0.3) is 0 Å². The Balaban J connectivity index is 2.61. The van der Waals surface area contributed by atoms with Crippen molar-refractivity contribution in [3.63, 3.8) is 0 Å². The van der Waals surface area contributed by atoms with E-state index in [2.05, 4.69) is 4.98 Å². The van der Waals surface area contributed by atoms with Gasteiger partial charge in [-0.25, -0.2) is 0 Å². The van der Waals surface area contributed by atoms with Gasteiger partial charge < -0.3 is 10.2 Å². The van der Waals surface area contributed by atoms with Gasteiger partial charge in [0, 0.05) is 22.6 Å². The Bertz CT molecular complexity index is 244. The molecular formula is C6H7NO2S. The molecule has 0 aromatic carbocycles. The summed E-state index contributed by atoms with van der Waals surface area (Å²) in [6, 6.07) is 0. The summed E-state index contributed by atoms with van der Waals surface area (Å²) in [7, 11) is 0. The molecule has 0 radical (unpaired) electrons. The van der Waals surface area contributed by atoms with Crippen LogP contribution >= 0.6 is 11.8 Å². The van der Waals surface area contributed by atoms with Gasteiger partial charge in [0.15, 0.2) is 11.8 Å². The molecule has 1 aliphatic rings. The number of hydrogen-bond donors (Lipinski definition) is 3. The summed E-state index contributed by atoms with van der Waals surface area (Å²) in [6.07, 6.45) is 0. The Morgan fingerprint density at radius 3 is 2.10 bits per heavy atom. The van der Waals surface area contributed by atoms with E-state index in [1.54, 1.807) is 11.8 Å². The zero-order valence-electron chi connectivity index (χ0n) is 5.22. The van der Waals surface area contributed by atoms with Crippen molar-refractivity contribution in [2.24, 2.45) is 0 Å². The quantitative estimate of drug-likeness (QED) is 0.530. The van der Waals surface area contributed by atoms with Gasteiger partial charge in [0.05, 0.1) is 0 Å². The highest BCUT2D eigenvalue weighted by atomic mass is 32.2. The number of aromatic hydroxyl groups is 2. The van der Waals surface area contributed by atoms with Crippen LogP contribution in [0.25, 0.3) is 0 Å². The third kappa shape index (κ3) is 0.623. The number of nitrogens with one attached hydrogen (secondary N) is 1. The lowest BCUT2D eigenvalue weighted by Gasteiger charge is -1.87. The van der Waals surface area contributed by atoms with Crippen LogP contribution in [-0.4, -0.2) is 15.2 Å². The maximum absolute atomic E-state index is 9.12. The fourth-order valence-corrected chi connectivity index (χ4v) is 2.25. The van der Waals surface area contributed by atoms with Gasteiger partial charge in [0.1, 0.15) is 0 Å². The summed E-state index contributed by atoms with van der Waals surface area (Å²) < 4.78 is 0. The molecule has 2 rings (SSSR count). The van der Waals surface area contributed by atoms with E-state index < -0.39 is 0 Å². The smallest absolute Gasteiger partial charge is 0.195 e. The Morgan fingerprint density at radius 2 is 1.60 bits per heavy atom. The molecule has 54 valence electrons. The highest BCUT2D eigenvalue weighted by molar-refractivity contribution is 7.98. The SMILES string of the molecule is Oc1[nH]c(O)c2c1CSC2. The van der Waals surface area contributed by atoms with Crippen molar-refractivity contribution in [2.45, 2.75) is 11.5 Å². The van der Waals surface area contributed by atoms with E-state index in [9.17, 15) is 0 Å². The van der Waals surface area contributed by atoms with E-state index in [-0.39, 0.29) is 11.8 Å². The van der Waals surface area contributed by atoms with Crippen LogP contribution in [0.3, 0.4) is 0 Å². The lowest BCUT2D eigenvalue weighted by molar-refractivity contribution is 0.422. The first-order valence-electron chi connectivity index (χ1n) is 2.98. The molecule has 3 N–H and O–H groups in total. The third-order valence-electron chi connectivity index (χ3n) is 1.67. The predicted molar refractivity (Wildman–Crippen MR) is 39.1 cm³/mol. The summed E-state index contributed by atoms with van der Waals surface area (Å²) >= 11 is 1.70. The summed E-state index contributed by atoms with van der Waals surface area (Å²) in [6.45, 7) is 0. The molecule has 1 aromatic heterocycles. The molecule has 0 saturated carbocycles. The van der Waals surface area contributed by atoms with E-state index in [1.165, 1.54) is 0 Å². The van der Waals surface area contributed by atoms with Crippen molar-refractivity contribution < 1.29 is 10.2 Å². The average Bonchev–Trinajstić information content (AvgIpc) is 2.39. The summed E-state index contributed by atoms with van der Waals surface area (Å²) in [5, 5.41) is 18.2. The molecule has 1 aromatic rings. The lowest BCUT2D eigenvalue weighted by atomic mass is 10.2. The fraction of sp³-hybridized carbons (Fsp3) is 0.333. The first-order chi connectivity index (χ1) is 4.79. The van der Waals surface area contributed by atoms with Gasteiger partial charge in [-0.15, -0.1) is 0 Å². The molecule has 0 amide bonds. The highest BCUT2D eigenvalue weighted by Gasteiger charge is 2.21. The number of aromatic amines is 1. The zero-order valence-corrected chi connectivity index (χ0v) is 6.03. The standard InChI is InChI=1S/C6H7NO2S/c8-5-3-1-10-2-4(3)6(9)7-5/h7-9H,1-2H2. The molecule has 3 nitrogen and oxygen atoms in total. The van der Waals surface area contributed by atoms with Crippen molar-refractivity contribution in [1.82, 2.24) is 4.98 Å². The van der Waals surface area contributed by atoms with Gasteiger partial charge in [-0.05, 0) is 0 Å². The molecule has 0 atom stereocenters. The van der Waals surface area contributed by atoms with Crippen molar-refractivity contribution >= 4 is 11.8 Å². The third-order valence-corrected chi connectivity index (χ3v) is 2.65. The second-order valence-corrected chi connectivity index (χ2v) is 3.26. The largest absolute Gasteiger partial charge is 0.494 e. The minimum Gasteiger partial charge on any atom is -0.494 e. The van der Waals surface area contributed by atoms with Gasteiger partial charge in [-0.1, -0.05) is 0 Å². The minimum absolute atomic E-state index is 0.123. The topological polar surface area (TPSA) is 56.2 Å². The normalized spacial score (nSPS) is 15.6. The molecule has 4 heteroatoms. The van der Waals surface area contributed by atoms with Crippen molar-refractivity contribution in [3.05, 3.63) is 11.1 Å². The predicted octanol–water partition coefficient (Wildman–Crippen LogP) is 1.17. The van der Waals surface area contributed by atoms with E-state index in [1.807, 2.05) is 0 Å². The van der Waals surface area contributed by atoms with Crippen molar-refractivity contribution in [2.75, 3.05) is 0 Å². The maximum Gasteiger partial charge on any atom is 0.195 e. The molecule has 1 aliphatic heterocycles. The van der Waals surface area contributed by atoms with Crippen LogP contribution in [0.1, 0.15) is 11.1 Å². The van der Waals surface area contributed by atoms with E-state index in [0.29, 0.717) is 0 Å². The van der Waals surface area contributed by atoms with Crippen LogP contribution in [0.4, 0.5) is 0 Å². The number of hydrogen-bond acceptors (Lipinski definition) is 3. The Labute approximate surface area is 62.1 Å². The number of rotatable bonds is 0. The van der Waals surface area contributed by atoms with Gasteiger partial charge in [-0.3, -0.25) is 4.98 Å². The van der Waals surface area contributed by atoms with Gasteiger partial charge in [-0.2, -0.15) is 11.8 Å². The molecule has 0 spiro atoms. The van der Waals surface area contributed by atoms with Crippen molar-refractivity contribution in [1.29, 1.82) is 0 Å². The van der Waals surface area contributed by atoms with Crippen LogP contribution in [-0.2, 0) is 11.5 Å². The summed E-state index contributed by atoms with van der Waals surface area (Å²) in [5.74, 6) is 1.85. The molecule has 0 saturated heterocycles. The summed E-state index contributed by atoms with van der Waals surface area (Å²) in [5.41, 5.74) is 1.73. The van der Waals surface area contributed by atoms with Crippen LogP contribution in [0.5, 0.6) is 11.8 Å². The monoisotopic (exact) mass is 157 g/mol. The second kappa shape index (κ2) is 1.85.